The van der Waals surface area contributed by atoms with Crippen LogP contribution in [0, 0.1) is 0 Å². The second-order valence-corrected chi connectivity index (χ2v) is 9.07. The van der Waals surface area contributed by atoms with Crippen molar-refractivity contribution in [1.29, 1.82) is 0 Å². The predicted octanol–water partition coefficient (Wildman–Crippen LogP) is 1.73. The van der Waals surface area contributed by atoms with Gasteiger partial charge in [0, 0.05) is 23.7 Å². The minimum Gasteiger partial charge on any atom is -0.465 e. The Morgan fingerprint density at radius 1 is 1.35 bits per heavy atom. The van der Waals surface area contributed by atoms with Gasteiger partial charge in [-0.25, -0.2) is 17.9 Å². The molecule has 1 fully saturated rings. The molecule has 0 amide bonds. The molecule has 0 saturated carbocycles. The molecule has 1 aliphatic heterocycles. The lowest BCUT2D eigenvalue weighted by Crippen LogP contribution is -2.52. The lowest BCUT2D eigenvalue weighted by atomic mass is 9.99. The number of carbonyl (C=O) groups excluding carboxylic acids is 1. The predicted molar refractivity (Wildman–Crippen MR) is 100 cm³/mol. The number of fused-ring (bicyclic) bond motifs is 1. The maximum Gasteiger partial charge on any atom is 0.349 e. The third-order valence-electron chi connectivity index (χ3n) is 4.54. The van der Waals surface area contributed by atoms with E-state index in [1.54, 1.807) is 31.4 Å². The molecule has 2 aromatic rings. The number of esters is 1. The number of methoxy groups -OCH3 is 2. The van der Waals surface area contributed by atoms with Crippen LogP contribution in [0.1, 0.15) is 22.5 Å². The van der Waals surface area contributed by atoms with E-state index >= 15 is 0 Å². The van der Waals surface area contributed by atoms with Crippen molar-refractivity contribution in [2.45, 2.75) is 23.3 Å². The van der Waals surface area contributed by atoms with Crippen molar-refractivity contribution in [2.75, 3.05) is 33.9 Å². The summed E-state index contributed by atoms with van der Waals surface area (Å²) in [5.41, 5.74) is -0.431. The monoisotopic (exact) mass is 398 g/mol. The fourth-order valence-electron chi connectivity index (χ4n) is 3.29. The second kappa shape index (κ2) is 7.61. The number of benzene rings is 1. The number of hydrogen-bond acceptors (Lipinski definition) is 7. The normalized spacial score (nSPS) is 20.5. The quantitative estimate of drug-likeness (QED) is 0.690. The summed E-state index contributed by atoms with van der Waals surface area (Å²) in [6.07, 6.45) is 1.78. The van der Waals surface area contributed by atoms with Crippen LogP contribution in [0.2, 0.25) is 0 Å². The highest BCUT2D eigenvalue weighted by Crippen LogP contribution is 2.35. The standard InChI is InChI=1S/C17H22N2O5S2/c1-23-11-17(8-5-9-18-17)10-19-26(21,22)15-12-6-3-4-7-13(12)25-14(15)16(20)24-2/h3-4,6-7,18-19H,5,8-11H2,1-2H3. The minimum absolute atomic E-state index is 0.0180. The van der Waals surface area contributed by atoms with Gasteiger partial charge in [0.05, 0.1) is 19.3 Å². The summed E-state index contributed by atoms with van der Waals surface area (Å²) < 4.78 is 39.6. The van der Waals surface area contributed by atoms with Gasteiger partial charge in [-0.05, 0) is 25.5 Å². The van der Waals surface area contributed by atoms with Crippen molar-refractivity contribution in [1.82, 2.24) is 10.0 Å². The summed E-state index contributed by atoms with van der Waals surface area (Å²) >= 11 is 1.12. The Morgan fingerprint density at radius 2 is 2.12 bits per heavy atom. The smallest absolute Gasteiger partial charge is 0.349 e. The fraction of sp³-hybridized carbons (Fsp3) is 0.471. The van der Waals surface area contributed by atoms with Crippen molar-refractivity contribution in [3.63, 3.8) is 0 Å². The first-order valence-corrected chi connectivity index (χ1v) is 10.6. The Balaban J connectivity index is 1.97. The average molecular weight is 399 g/mol. The first-order chi connectivity index (χ1) is 12.4. The lowest BCUT2D eigenvalue weighted by molar-refractivity contribution is 0.0602. The van der Waals surface area contributed by atoms with Crippen LogP contribution in [0.25, 0.3) is 10.1 Å². The molecule has 0 aliphatic carbocycles. The third-order valence-corrected chi connectivity index (χ3v) is 7.31. The van der Waals surface area contributed by atoms with E-state index in [4.69, 9.17) is 9.47 Å². The summed E-state index contributed by atoms with van der Waals surface area (Å²) in [4.78, 5) is 12.2. The summed E-state index contributed by atoms with van der Waals surface area (Å²) in [6.45, 7) is 1.41. The summed E-state index contributed by atoms with van der Waals surface area (Å²) in [7, 11) is -1.07. The van der Waals surface area contributed by atoms with Gasteiger partial charge in [-0.1, -0.05) is 18.2 Å². The van der Waals surface area contributed by atoms with E-state index in [0.29, 0.717) is 12.0 Å². The van der Waals surface area contributed by atoms with Gasteiger partial charge >= 0.3 is 5.97 Å². The molecule has 1 atom stereocenters. The molecule has 9 heteroatoms. The molecule has 1 aromatic heterocycles. The van der Waals surface area contributed by atoms with Gasteiger partial charge in [0.1, 0.15) is 9.77 Å². The lowest BCUT2D eigenvalue weighted by Gasteiger charge is -2.28. The van der Waals surface area contributed by atoms with E-state index < -0.39 is 21.5 Å². The van der Waals surface area contributed by atoms with Crippen LogP contribution in [0.3, 0.4) is 0 Å². The maximum absolute atomic E-state index is 13.1. The van der Waals surface area contributed by atoms with Gasteiger partial charge in [0.2, 0.25) is 10.0 Å². The molecule has 0 radical (unpaired) electrons. The third kappa shape index (κ3) is 3.63. The topological polar surface area (TPSA) is 93.7 Å². The SMILES string of the molecule is COCC1(CNS(=O)(=O)c2c(C(=O)OC)sc3ccccc23)CCCN1. The van der Waals surface area contributed by atoms with Gasteiger partial charge in [-0.15, -0.1) is 11.3 Å². The highest BCUT2D eigenvalue weighted by molar-refractivity contribution is 7.90. The van der Waals surface area contributed by atoms with Gasteiger partial charge in [0.15, 0.2) is 0 Å². The summed E-state index contributed by atoms with van der Waals surface area (Å²) in [5, 5.41) is 3.85. The van der Waals surface area contributed by atoms with E-state index in [-0.39, 0.29) is 16.3 Å². The van der Waals surface area contributed by atoms with Crippen molar-refractivity contribution >= 4 is 37.4 Å². The first-order valence-electron chi connectivity index (χ1n) is 8.26. The second-order valence-electron chi connectivity index (χ2n) is 6.32. The highest BCUT2D eigenvalue weighted by Gasteiger charge is 2.36. The van der Waals surface area contributed by atoms with E-state index in [9.17, 15) is 13.2 Å². The fourth-order valence-corrected chi connectivity index (χ4v) is 6.23. The van der Waals surface area contributed by atoms with E-state index in [2.05, 4.69) is 10.0 Å². The Bertz CT molecular complexity index is 901. The molecular weight excluding hydrogens is 376 g/mol. The van der Waals surface area contributed by atoms with Crippen LogP contribution in [-0.2, 0) is 19.5 Å². The Morgan fingerprint density at radius 3 is 2.77 bits per heavy atom. The molecule has 2 heterocycles. The summed E-state index contributed by atoms with van der Waals surface area (Å²) in [6, 6.07) is 7.04. The number of hydrogen-bond donors (Lipinski definition) is 2. The van der Waals surface area contributed by atoms with Crippen LogP contribution in [0.4, 0.5) is 0 Å². The summed E-state index contributed by atoms with van der Waals surface area (Å²) in [5.74, 6) is -0.655. The van der Waals surface area contributed by atoms with Crippen LogP contribution in [-0.4, -0.2) is 53.8 Å². The molecular formula is C17H22N2O5S2. The zero-order chi connectivity index (χ0) is 18.8. The zero-order valence-electron chi connectivity index (χ0n) is 14.7. The van der Waals surface area contributed by atoms with Crippen LogP contribution in [0.15, 0.2) is 29.2 Å². The molecule has 0 bridgehead atoms. The number of sulfonamides is 1. The number of nitrogens with one attached hydrogen (secondary N) is 2. The van der Waals surface area contributed by atoms with Gasteiger partial charge in [-0.2, -0.15) is 0 Å². The Labute approximate surface area is 156 Å². The van der Waals surface area contributed by atoms with Crippen LogP contribution in [0.5, 0.6) is 0 Å². The highest BCUT2D eigenvalue weighted by atomic mass is 32.2. The Kier molecular flexibility index (Phi) is 5.64. The average Bonchev–Trinajstić information content (AvgIpc) is 3.25. The molecule has 1 saturated heterocycles. The van der Waals surface area contributed by atoms with Crippen molar-refractivity contribution in [3.8, 4) is 0 Å². The van der Waals surface area contributed by atoms with E-state index in [0.717, 1.165) is 35.4 Å². The minimum atomic E-state index is -3.91. The van der Waals surface area contributed by atoms with Crippen LogP contribution >= 0.6 is 11.3 Å². The molecule has 0 spiro atoms. The molecule has 1 aliphatic rings. The van der Waals surface area contributed by atoms with Gasteiger partial charge in [-0.3, -0.25) is 0 Å². The van der Waals surface area contributed by atoms with Crippen LogP contribution < -0.4 is 10.0 Å². The largest absolute Gasteiger partial charge is 0.465 e. The number of ether oxygens (including phenoxy) is 2. The zero-order valence-corrected chi connectivity index (χ0v) is 16.3. The molecule has 1 aromatic carbocycles. The van der Waals surface area contributed by atoms with E-state index in [1.165, 1.54) is 7.11 Å². The molecule has 142 valence electrons. The molecule has 2 N–H and O–H groups in total. The number of thiophene rings is 1. The van der Waals surface area contributed by atoms with Gasteiger partial charge in [0.25, 0.3) is 0 Å². The molecule has 3 rings (SSSR count). The van der Waals surface area contributed by atoms with Crippen molar-refractivity contribution < 1.29 is 22.7 Å². The first kappa shape index (κ1) is 19.2. The number of rotatable bonds is 7. The molecule has 26 heavy (non-hydrogen) atoms. The van der Waals surface area contributed by atoms with Gasteiger partial charge < -0.3 is 14.8 Å². The maximum atomic E-state index is 13.1. The molecule has 7 nitrogen and oxygen atoms in total. The van der Waals surface area contributed by atoms with Crippen molar-refractivity contribution in [3.05, 3.63) is 29.1 Å². The molecule has 1 unspecified atom stereocenters. The Hall–Kier alpha value is -1.52. The van der Waals surface area contributed by atoms with E-state index in [1.807, 2.05) is 0 Å². The van der Waals surface area contributed by atoms with Crippen molar-refractivity contribution in [2.24, 2.45) is 0 Å². The number of carbonyl (C=O) groups is 1.